The molecule has 0 aromatic carbocycles. The highest BCUT2D eigenvalue weighted by Crippen LogP contribution is 2.45. The second-order valence-electron chi connectivity index (χ2n) is 10.5. The van der Waals surface area contributed by atoms with Crippen molar-refractivity contribution in [1.82, 2.24) is 14.9 Å². The monoisotopic (exact) mass is 495 g/mol. The minimum Gasteiger partial charge on any atom is -0.481 e. The molecule has 1 N–H and O–H groups in total. The predicted molar refractivity (Wildman–Crippen MR) is 129 cm³/mol. The van der Waals surface area contributed by atoms with E-state index in [1.165, 1.54) is 17.5 Å². The highest BCUT2D eigenvalue weighted by molar-refractivity contribution is 7.15. The Balaban J connectivity index is 1.93. The predicted octanol–water partition coefficient (Wildman–Crippen LogP) is 6.16. The average molecular weight is 496 g/mol. The molecule has 1 fully saturated rings. The van der Waals surface area contributed by atoms with E-state index in [2.05, 4.69) is 40.4 Å². The Bertz CT molecular complexity index is 1020. The summed E-state index contributed by atoms with van der Waals surface area (Å²) in [5, 5.41) is 10.8. The van der Waals surface area contributed by atoms with Crippen LogP contribution >= 0.6 is 11.3 Å². The molecule has 34 heavy (non-hydrogen) atoms. The maximum atomic E-state index is 12.9. The van der Waals surface area contributed by atoms with Gasteiger partial charge in [0, 0.05) is 30.7 Å². The number of aliphatic carboxylic acids is 1. The molecular formula is C25H35F2N3O3S. The summed E-state index contributed by atoms with van der Waals surface area (Å²) in [6, 6.07) is 1.75. The fraction of sp³-hybridized carbons (Fsp3) is 0.640. The van der Waals surface area contributed by atoms with Crippen LogP contribution in [0, 0.1) is 30.6 Å². The number of hydrogen-bond acceptors (Lipinski definition) is 6. The Kier molecular flexibility index (Phi) is 7.97. The van der Waals surface area contributed by atoms with Crippen LogP contribution in [0.1, 0.15) is 63.1 Å². The number of aromatic nitrogens is 2. The summed E-state index contributed by atoms with van der Waals surface area (Å²) in [5.74, 6) is -0.627. The van der Waals surface area contributed by atoms with Gasteiger partial charge in [0.1, 0.15) is 5.01 Å². The van der Waals surface area contributed by atoms with E-state index in [0.717, 1.165) is 29.1 Å². The van der Waals surface area contributed by atoms with Gasteiger partial charge in [-0.2, -0.15) is 8.78 Å². The van der Waals surface area contributed by atoms with E-state index < -0.39 is 18.0 Å². The van der Waals surface area contributed by atoms with E-state index in [-0.39, 0.29) is 17.2 Å². The maximum absolute atomic E-state index is 12.9. The molecule has 188 valence electrons. The largest absolute Gasteiger partial charge is 0.481 e. The number of hydrogen-bond donors (Lipinski definition) is 1. The zero-order chi connectivity index (χ0) is 25.3. The molecule has 2 aromatic heterocycles. The van der Waals surface area contributed by atoms with Crippen LogP contribution in [0.25, 0.3) is 10.6 Å². The molecule has 0 saturated carbocycles. The second kappa shape index (κ2) is 10.2. The van der Waals surface area contributed by atoms with Gasteiger partial charge in [-0.05, 0) is 49.7 Å². The maximum Gasteiger partial charge on any atom is 0.388 e. The minimum atomic E-state index is -2.97. The molecular weight excluding hydrogens is 460 g/mol. The molecule has 6 nitrogen and oxygen atoms in total. The van der Waals surface area contributed by atoms with Crippen LogP contribution in [-0.4, -0.2) is 45.6 Å². The van der Waals surface area contributed by atoms with E-state index >= 15 is 0 Å². The number of ether oxygens (including phenoxy) is 1. The number of pyridine rings is 1. The zero-order valence-electron chi connectivity index (χ0n) is 20.8. The SMILES string of the molecule is CCC[C@@]1(C(=O)O)C[C@@H](C(C)(C)C)CN(Cc2sc(-c3cc(C)cnc3OC(F)F)nc2C)C1. The number of halogens is 2. The number of carboxylic acids is 1. The Morgan fingerprint density at radius 2 is 2.09 bits per heavy atom. The van der Waals surface area contributed by atoms with Gasteiger partial charge in [0.2, 0.25) is 5.88 Å². The molecule has 2 atom stereocenters. The number of thiazole rings is 1. The van der Waals surface area contributed by atoms with Gasteiger partial charge in [-0.25, -0.2) is 9.97 Å². The topological polar surface area (TPSA) is 75.5 Å². The summed E-state index contributed by atoms with van der Waals surface area (Å²) < 4.78 is 30.5. The van der Waals surface area contributed by atoms with Gasteiger partial charge in [-0.15, -0.1) is 11.3 Å². The lowest BCUT2D eigenvalue weighted by Gasteiger charge is -2.48. The summed E-state index contributed by atoms with van der Waals surface area (Å²) in [7, 11) is 0. The number of carboxylic acid groups (broad SMARTS) is 1. The normalized spacial score (nSPS) is 21.7. The highest BCUT2D eigenvalue weighted by Gasteiger charge is 2.47. The lowest BCUT2D eigenvalue weighted by atomic mass is 9.65. The van der Waals surface area contributed by atoms with Crippen LogP contribution in [0.3, 0.4) is 0 Å². The molecule has 0 bridgehead atoms. The molecule has 9 heteroatoms. The summed E-state index contributed by atoms with van der Waals surface area (Å²) in [6.07, 6.45) is 3.62. The molecule has 0 amide bonds. The second-order valence-corrected chi connectivity index (χ2v) is 11.6. The van der Waals surface area contributed by atoms with Gasteiger partial charge in [-0.1, -0.05) is 34.1 Å². The molecule has 0 unspecified atom stereocenters. The van der Waals surface area contributed by atoms with Gasteiger partial charge >= 0.3 is 12.6 Å². The number of piperidine rings is 1. The summed E-state index contributed by atoms with van der Waals surface area (Å²) in [5.41, 5.74) is 1.28. The van der Waals surface area contributed by atoms with Crippen LogP contribution < -0.4 is 4.74 Å². The van der Waals surface area contributed by atoms with Crippen LogP contribution in [0.2, 0.25) is 0 Å². The first kappa shape index (κ1) is 26.5. The van der Waals surface area contributed by atoms with Crippen molar-refractivity contribution in [2.24, 2.45) is 16.7 Å². The smallest absolute Gasteiger partial charge is 0.388 e. The van der Waals surface area contributed by atoms with Crippen LogP contribution in [0.4, 0.5) is 8.78 Å². The van der Waals surface area contributed by atoms with Crippen LogP contribution in [0.5, 0.6) is 5.88 Å². The van der Waals surface area contributed by atoms with Crippen molar-refractivity contribution in [2.45, 2.75) is 74.0 Å². The van der Waals surface area contributed by atoms with E-state index in [1.54, 1.807) is 6.07 Å². The minimum absolute atomic E-state index is 0.0181. The molecule has 1 aliphatic heterocycles. The van der Waals surface area contributed by atoms with Crippen molar-refractivity contribution < 1.29 is 23.4 Å². The number of aryl methyl sites for hydroxylation is 2. The molecule has 0 radical (unpaired) electrons. The zero-order valence-corrected chi connectivity index (χ0v) is 21.6. The van der Waals surface area contributed by atoms with Crippen molar-refractivity contribution in [3.8, 4) is 16.5 Å². The highest BCUT2D eigenvalue weighted by atomic mass is 32.1. The van der Waals surface area contributed by atoms with Gasteiger partial charge in [0.05, 0.1) is 16.7 Å². The summed E-state index contributed by atoms with van der Waals surface area (Å²) in [6.45, 7) is 11.2. The molecule has 1 aliphatic rings. The van der Waals surface area contributed by atoms with Crippen LogP contribution in [0.15, 0.2) is 12.3 Å². The van der Waals surface area contributed by atoms with E-state index in [9.17, 15) is 18.7 Å². The number of likely N-dealkylation sites (tertiary alicyclic amines) is 1. The Labute approximate surface area is 204 Å². The summed E-state index contributed by atoms with van der Waals surface area (Å²) in [4.78, 5) is 24.3. The Morgan fingerprint density at radius 1 is 1.38 bits per heavy atom. The third kappa shape index (κ3) is 5.92. The molecule has 2 aromatic rings. The number of carbonyl (C=O) groups is 1. The van der Waals surface area contributed by atoms with Gasteiger partial charge in [0.25, 0.3) is 0 Å². The van der Waals surface area contributed by atoms with Gasteiger partial charge in [-0.3, -0.25) is 9.69 Å². The van der Waals surface area contributed by atoms with Crippen molar-refractivity contribution in [3.05, 3.63) is 28.4 Å². The average Bonchev–Trinajstić information content (AvgIpc) is 3.08. The molecule has 1 saturated heterocycles. The van der Waals surface area contributed by atoms with E-state index in [1.807, 2.05) is 20.8 Å². The van der Waals surface area contributed by atoms with Crippen molar-refractivity contribution in [2.75, 3.05) is 13.1 Å². The molecule has 3 rings (SSSR count). The Morgan fingerprint density at radius 3 is 2.68 bits per heavy atom. The first-order valence-electron chi connectivity index (χ1n) is 11.7. The lowest BCUT2D eigenvalue weighted by molar-refractivity contribution is -0.156. The first-order chi connectivity index (χ1) is 15.8. The first-order valence-corrected chi connectivity index (χ1v) is 12.5. The number of alkyl halides is 2. The number of rotatable bonds is 8. The van der Waals surface area contributed by atoms with Crippen molar-refractivity contribution >= 4 is 17.3 Å². The quantitative estimate of drug-likeness (QED) is 0.473. The molecule has 0 aliphatic carbocycles. The summed E-state index contributed by atoms with van der Waals surface area (Å²) >= 11 is 1.42. The lowest BCUT2D eigenvalue weighted by Crippen LogP contribution is -2.53. The van der Waals surface area contributed by atoms with E-state index in [4.69, 9.17) is 0 Å². The fourth-order valence-electron chi connectivity index (χ4n) is 4.81. The number of nitrogens with zero attached hydrogens (tertiary/aromatic N) is 3. The molecule has 0 spiro atoms. The van der Waals surface area contributed by atoms with Crippen molar-refractivity contribution in [3.63, 3.8) is 0 Å². The third-order valence-corrected chi connectivity index (χ3v) is 7.90. The van der Waals surface area contributed by atoms with E-state index in [0.29, 0.717) is 36.5 Å². The Hall–Kier alpha value is -2.13. The third-order valence-electron chi connectivity index (χ3n) is 6.73. The van der Waals surface area contributed by atoms with Gasteiger partial charge < -0.3 is 9.84 Å². The van der Waals surface area contributed by atoms with Gasteiger partial charge in [0.15, 0.2) is 0 Å². The standard InChI is InChI=1S/C25H35F2N3O3S/c1-7-8-25(22(31)32)10-17(24(4,5)6)12-30(14-25)13-19-16(3)29-21(34-19)18-9-15(2)11-28-20(18)33-23(26)27/h9,11,17,23H,7-8,10,12-14H2,1-6H3,(H,31,32)/t17-,25-/m1/s1. The molecule has 3 heterocycles. The van der Waals surface area contributed by atoms with Crippen molar-refractivity contribution in [1.29, 1.82) is 0 Å². The van der Waals surface area contributed by atoms with Crippen LogP contribution in [-0.2, 0) is 11.3 Å². The fourth-order valence-corrected chi connectivity index (χ4v) is 5.92.